The molecule has 0 saturated carbocycles. The summed E-state index contributed by atoms with van der Waals surface area (Å²) in [5.41, 5.74) is 1.12. The Balaban J connectivity index is 1.38. The fourth-order valence-electron chi connectivity index (χ4n) is 4.26. The molecule has 176 valence electrons. The van der Waals surface area contributed by atoms with E-state index in [1.165, 1.54) is 10.4 Å². The van der Waals surface area contributed by atoms with E-state index in [1.54, 1.807) is 23.1 Å². The molecule has 2 aliphatic rings. The summed E-state index contributed by atoms with van der Waals surface area (Å²) in [6, 6.07) is 15.6. The van der Waals surface area contributed by atoms with E-state index in [1.807, 2.05) is 37.4 Å². The number of para-hydroxylation sites is 1. The number of likely N-dealkylation sites (tertiary alicyclic amines) is 1. The van der Waals surface area contributed by atoms with Gasteiger partial charge in [0.25, 0.3) is 5.91 Å². The zero-order valence-electron chi connectivity index (χ0n) is 18.8. The summed E-state index contributed by atoms with van der Waals surface area (Å²) >= 11 is 0. The number of carbonyl (C=O) groups is 2. The Morgan fingerprint density at radius 1 is 0.879 bits per heavy atom. The molecule has 0 unspecified atom stereocenters. The molecule has 2 aromatic rings. The fraction of sp³-hybridized carbons (Fsp3) is 0.417. The maximum Gasteiger partial charge on any atom is 0.253 e. The van der Waals surface area contributed by atoms with Crippen molar-refractivity contribution in [3.63, 3.8) is 0 Å². The van der Waals surface area contributed by atoms with E-state index in [2.05, 4.69) is 10.2 Å². The summed E-state index contributed by atoms with van der Waals surface area (Å²) in [6.07, 6.45) is 1.15. The fourth-order valence-corrected chi connectivity index (χ4v) is 5.73. The Kier molecular flexibility index (Phi) is 7.11. The SMILES string of the molecule is CN1CCN(S(=O)(=O)c2cccc(C(=O)N3CCC(C(=O)Nc4ccccc4)CC3)c2)CC1. The van der Waals surface area contributed by atoms with Crippen LogP contribution in [-0.2, 0) is 14.8 Å². The maximum atomic E-state index is 13.1. The van der Waals surface area contributed by atoms with Crippen LogP contribution in [0.4, 0.5) is 5.69 Å². The predicted octanol–water partition coefficient (Wildman–Crippen LogP) is 2.11. The predicted molar refractivity (Wildman–Crippen MR) is 126 cm³/mol. The monoisotopic (exact) mass is 470 g/mol. The van der Waals surface area contributed by atoms with Crippen LogP contribution in [0, 0.1) is 5.92 Å². The highest BCUT2D eigenvalue weighted by atomic mass is 32.2. The highest BCUT2D eigenvalue weighted by Crippen LogP contribution is 2.23. The third-order valence-electron chi connectivity index (χ3n) is 6.38. The van der Waals surface area contributed by atoms with E-state index < -0.39 is 10.0 Å². The molecule has 1 N–H and O–H groups in total. The van der Waals surface area contributed by atoms with Crippen molar-refractivity contribution in [1.82, 2.24) is 14.1 Å². The van der Waals surface area contributed by atoms with Crippen molar-refractivity contribution in [3.05, 3.63) is 60.2 Å². The molecule has 0 aliphatic carbocycles. The first-order valence-electron chi connectivity index (χ1n) is 11.3. The number of piperazine rings is 1. The summed E-state index contributed by atoms with van der Waals surface area (Å²) < 4.78 is 27.6. The molecule has 0 spiro atoms. The molecule has 33 heavy (non-hydrogen) atoms. The van der Waals surface area contributed by atoms with E-state index in [4.69, 9.17) is 0 Å². The largest absolute Gasteiger partial charge is 0.339 e. The molecule has 2 heterocycles. The molecule has 0 atom stereocenters. The quantitative estimate of drug-likeness (QED) is 0.723. The van der Waals surface area contributed by atoms with Crippen LogP contribution in [0.15, 0.2) is 59.5 Å². The molecule has 0 bridgehead atoms. The lowest BCUT2D eigenvalue weighted by Crippen LogP contribution is -2.47. The number of likely N-dealkylation sites (N-methyl/N-ethyl adjacent to an activating group) is 1. The normalized spacial score (nSPS) is 18.8. The molecule has 0 aromatic heterocycles. The number of benzene rings is 2. The summed E-state index contributed by atoms with van der Waals surface area (Å²) in [7, 11) is -1.67. The van der Waals surface area contributed by atoms with Crippen LogP contribution >= 0.6 is 0 Å². The number of hydrogen-bond donors (Lipinski definition) is 1. The molecule has 2 fully saturated rings. The average Bonchev–Trinajstić information content (AvgIpc) is 2.84. The second-order valence-electron chi connectivity index (χ2n) is 8.66. The van der Waals surface area contributed by atoms with Crippen LogP contribution in [0.3, 0.4) is 0 Å². The second-order valence-corrected chi connectivity index (χ2v) is 10.6. The first-order chi connectivity index (χ1) is 15.8. The number of anilines is 1. The van der Waals surface area contributed by atoms with Crippen molar-refractivity contribution in [2.45, 2.75) is 17.7 Å². The van der Waals surface area contributed by atoms with Gasteiger partial charge in [-0.3, -0.25) is 9.59 Å². The Labute approximate surface area is 195 Å². The van der Waals surface area contributed by atoms with Crippen LogP contribution in [0.2, 0.25) is 0 Å². The van der Waals surface area contributed by atoms with Gasteiger partial charge in [-0.15, -0.1) is 0 Å². The van der Waals surface area contributed by atoms with Gasteiger partial charge in [0.05, 0.1) is 4.90 Å². The van der Waals surface area contributed by atoms with Gasteiger partial charge in [0.2, 0.25) is 15.9 Å². The van der Waals surface area contributed by atoms with Crippen LogP contribution in [0.1, 0.15) is 23.2 Å². The average molecular weight is 471 g/mol. The Morgan fingerprint density at radius 3 is 2.21 bits per heavy atom. The molecular formula is C24H30N4O4S. The van der Waals surface area contributed by atoms with E-state index in [0.29, 0.717) is 57.7 Å². The summed E-state index contributed by atoms with van der Waals surface area (Å²) in [5, 5.41) is 2.93. The smallest absolute Gasteiger partial charge is 0.253 e. The van der Waals surface area contributed by atoms with Crippen molar-refractivity contribution in [3.8, 4) is 0 Å². The molecule has 4 rings (SSSR count). The van der Waals surface area contributed by atoms with E-state index in [9.17, 15) is 18.0 Å². The Morgan fingerprint density at radius 2 is 1.55 bits per heavy atom. The minimum Gasteiger partial charge on any atom is -0.339 e. The van der Waals surface area contributed by atoms with Gasteiger partial charge < -0.3 is 15.1 Å². The highest BCUT2D eigenvalue weighted by molar-refractivity contribution is 7.89. The molecule has 9 heteroatoms. The molecule has 2 aliphatic heterocycles. The van der Waals surface area contributed by atoms with Gasteiger partial charge in [-0.1, -0.05) is 24.3 Å². The lowest BCUT2D eigenvalue weighted by atomic mass is 9.95. The first kappa shape index (κ1) is 23.4. The van der Waals surface area contributed by atoms with Gasteiger partial charge in [0.15, 0.2) is 0 Å². The van der Waals surface area contributed by atoms with Gasteiger partial charge in [-0.2, -0.15) is 4.31 Å². The maximum absolute atomic E-state index is 13.1. The van der Waals surface area contributed by atoms with Crippen LogP contribution < -0.4 is 5.32 Å². The van der Waals surface area contributed by atoms with E-state index in [0.717, 1.165) is 5.69 Å². The number of rotatable bonds is 5. The first-order valence-corrected chi connectivity index (χ1v) is 12.7. The zero-order chi connectivity index (χ0) is 23.4. The van der Waals surface area contributed by atoms with Gasteiger partial charge in [0, 0.05) is 56.4 Å². The van der Waals surface area contributed by atoms with Crippen LogP contribution in [-0.4, -0.2) is 80.7 Å². The number of sulfonamides is 1. The Bertz CT molecular complexity index is 1090. The highest BCUT2D eigenvalue weighted by Gasteiger charge is 2.30. The van der Waals surface area contributed by atoms with Crippen molar-refractivity contribution >= 4 is 27.5 Å². The Hall–Kier alpha value is -2.75. The molecule has 2 aromatic carbocycles. The van der Waals surface area contributed by atoms with E-state index in [-0.39, 0.29) is 22.6 Å². The number of nitrogens with one attached hydrogen (secondary N) is 1. The number of hydrogen-bond acceptors (Lipinski definition) is 5. The topological polar surface area (TPSA) is 90.0 Å². The summed E-state index contributed by atoms with van der Waals surface area (Å²) in [6.45, 7) is 3.17. The van der Waals surface area contributed by atoms with E-state index >= 15 is 0 Å². The summed E-state index contributed by atoms with van der Waals surface area (Å²) in [4.78, 5) is 29.6. The van der Waals surface area contributed by atoms with Crippen molar-refractivity contribution in [2.75, 3.05) is 51.6 Å². The van der Waals surface area contributed by atoms with Gasteiger partial charge >= 0.3 is 0 Å². The number of amides is 2. The zero-order valence-corrected chi connectivity index (χ0v) is 19.6. The molecule has 2 amide bonds. The molecular weight excluding hydrogens is 440 g/mol. The third kappa shape index (κ3) is 5.43. The number of piperidine rings is 1. The lowest BCUT2D eigenvalue weighted by Gasteiger charge is -2.32. The third-order valence-corrected chi connectivity index (χ3v) is 8.27. The van der Waals surface area contributed by atoms with Crippen molar-refractivity contribution in [2.24, 2.45) is 5.92 Å². The minimum atomic E-state index is -3.64. The lowest BCUT2D eigenvalue weighted by molar-refractivity contribution is -0.121. The van der Waals surface area contributed by atoms with Gasteiger partial charge in [0.1, 0.15) is 0 Å². The summed E-state index contributed by atoms with van der Waals surface area (Å²) in [5.74, 6) is -0.390. The minimum absolute atomic E-state index is 0.0337. The molecule has 2 saturated heterocycles. The van der Waals surface area contributed by atoms with Crippen LogP contribution in [0.5, 0.6) is 0 Å². The standard InChI is InChI=1S/C24H30N4O4S/c1-26-14-16-28(17-15-26)33(31,32)22-9-5-6-20(18-22)24(30)27-12-10-19(11-13-27)23(29)25-21-7-3-2-4-8-21/h2-9,18-19H,10-17H2,1H3,(H,25,29). The van der Waals surface area contributed by atoms with Gasteiger partial charge in [-0.05, 0) is 50.2 Å². The molecule has 8 nitrogen and oxygen atoms in total. The molecule has 0 radical (unpaired) electrons. The second kappa shape index (κ2) is 10.0. The number of carbonyl (C=O) groups excluding carboxylic acids is 2. The van der Waals surface area contributed by atoms with Crippen molar-refractivity contribution < 1.29 is 18.0 Å². The number of nitrogens with zero attached hydrogens (tertiary/aromatic N) is 3. The van der Waals surface area contributed by atoms with Crippen LogP contribution in [0.25, 0.3) is 0 Å². The van der Waals surface area contributed by atoms with Gasteiger partial charge in [-0.25, -0.2) is 8.42 Å². The van der Waals surface area contributed by atoms with Crippen molar-refractivity contribution in [1.29, 1.82) is 0 Å².